The minimum absolute atomic E-state index is 0.919. The van der Waals surface area contributed by atoms with Crippen LogP contribution in [0.3, 0.4) is 0 Å². The maximum Gasteiger partial charge on any atom is 0.105 e. The van der Waals surface area contributed by atoms with Crippen molar-refractivity contribution in [1.29, 1.82) is 0 Å². The van der Waals surface area contributed by atoms with Crippen LogP contribution in [0.15, 0.2) is 4.42 Å². The lowest BCUT2D eigenvalue weighted by Crippen LogP contribution is -2.22. The lowest BCUT2D eigenvalue weighted by Gasteiger charge is -2.06. The van der Waals surface area contributed by atoms with Crippen molar-refractivity contribution in [2.24, 2.45) is 0 Å². The van der Waals surface area contributed by atoms with E-state index in [1.54, 1.807) is 0 Å². The van der Waals surface area contributed by atoms with E-state index in [2.05, 4.69) is 24.5 Å². The van der Waals surface area contributed by atoms with Gasteiger partial charge in [-0.05, 0) is 58.8 Å². The molecule has 3 heteroatoms. The summed E-state index contributed by atoms with van der Waals surface area (Å²) in [5, 5.41) is 6.88. The van der Waals surface area contributed by atoms with Crippen LogP contribution >= 0.6 is 0 Å². The lowest BCUT2D eigenvalue weighted by molar-refractivity contribution is 0.497. The fraction of sp³-hybridized carbons (Fsp3) is 0.714. The van der Waals surface area contributed by atoms with Gasteiger partial charge in [-0.2, -0.15) is 0 Å². The molecule has 3 nitrogen and oxygen atoms in total. The first-order chi connectivity index (χ1) is 8.16. The van der Waals surface area contributed by atoms with E-state index in [0.29, 0.717) is 0 Å². The number of hydrogen-bond donors (Lipinski definition) is 2. The molecule has 2 N–H and O–H groups in total. The van der Waals surface area contributed by atoms with Crippen LogP contribution in [-0.4, -0.2) is 19.6 Å². The average Bonchev–Trinajstić information content (AvgIpc) is 2.54. The van der Waals surface area contributed by atoms with Crippen molar-refractivity contribution in [1.82, 2.24) is 10.6 Å². The summed E-state index contributed by atoms with van der Waals surface area (Å²) in [6, 6.07) is 0. The number of furan rings is 1. The highest BCUT2D eigenvalue weighted by atomic mass is 16.3. The molecule has 0 radical (unpaired) electrons. The van der Waals surface area contributed by atoms with Crippen molar-refractivity contribution in [3.63, 3.8) is 0 Å². The van der Waals surface area contributed by atoms with E-state index in [-0.39, 0.29) is 0 Å². The first-order valence-corrected chi connectivity index (χ1v) is 6.63. The zero-order valence-electron chi connectivity index (χ0n) is 11.7. The Balaban J connectivity index is 2.18. The summed E-state index contributed by atoms with van der Waals surface area (Å²) in [7, 11) is 0. The maximum absolute atomic E-state index is 5.60. The van der Waals surface area contributed by atoms with Gasteiger partial charge < -0.3 is 15.1 Å². The van der Waals surface area contributed by atoms with E-state index in [1.807, 2.05) is 13.8 Å². The van der Waals surface area contributed by atoms with Gasteiger partial charge in [-0.3, -0.25) is 0 Å². The van der Waals surface area contributed by atoms with Gasteiger partial charge in [-0.1, -0.05) is 6.92 Å². The Bertz CT molecular complexity index is 331. The van der Waals surface area contributed by atoms with Crippen molar-refractivity contribution in [3.8, 4) is 0 Å². The normalized spacial score (nSPS) is 11.1. The molecule has 0 fully saturated rings. The Morgan fingerprint density at radius 1 is 0.941 bits per heavy atom. The topological polar surface area (TPSA) is 37.2 Å². The number of aryl methyl sites for hydroxylation is 2. The van der Waals surface area contributed by atoms with Crippen molar-refractivity contribution < 1.29 is 4.42 Å². The Morgan fingerprint density at radius 2 is 1.65 bits per heavy atom. The molecular weight excluding hydrogens is 212 g/mol. The summed E-state index contributed by atoms with van der Waals surface area (Å²) in [5.41, 5.74) is 2.61. The SMILES string of the molecule is CCCNCCCNCc1c(C)oc(C)c1C. The van der Waals surface area contributed by atoms with Gasteiger partial charge >= 0.3 is 0 Å². The fourth-order valence-corrected chi connectivity index (χ4v) is 1.95. The molecule has 0 saturated carbocycles. The number of hydrogen-bond acceptors (Lipinski definition) is 3. The fourth-order valence-electron chi connectivity index (χ4n) is 1.95. The van der Waals surface area contributed by atoms with Crippen molar-refractivity contribution in [3.05, 3.63) is 22.6 Å². The minimum atomic E-state index is 0.919. The van der Waals surface area contributed by atoms with Gasteiger partial charge in [0.2, 0.25) is 0 Å². The predicted octanol–water partition coefficient (Wildman–Crippen LogP) is 2.68. The molecule has 0 amide bonds. The van der Waals surface area contributed by atoms with Crippen LogP contribution in [0, 0.1) is 20.8 Å². The van der Waals surface area contributed by atoms with Gasteiger partial charge in [-0.25, -0.2) is 0 Å². The molecule has 1 rings (SSSR count). The van der Waals surface area contributed by atoms with Crippen LogP contribution in [0.5, 0.6) is 0 Å². The third-order valence-corrected chi connectivity index (χ3v) is 3.15. The Labute approximate surface area is 105 Å². The molecule has 0 aliphatic carbocycles. The van der Waals surface area contributed by atoms with E-state index >= 15 is 0 Å². The van der Waals surface area contributed by atoms with E-state index in [4.69, 9.17) is 4.42 Å². The predicted molar refractivity (Wildman–Crippen MR) is 72.4 cm³/mol. The van der Waals surface area contributed by atoms with Gasteiger partial charge in [0.15, 0.2) is 0 Å². The summed E-state index contributed by atoms with van der Waals surface area (Å²) in [6.45, 7) is 12.6. The van der Waals surface area contributed by atoms with Gasteiger partial charge in [0, 0.05) is 12.1 Å². The molecule has 0 aliphatic rings. The second-order valence-corrected chi connectivity index (χ2v) is 4.60. The van der Waals surface area contributed by atoms with Crippen molar-refractivity contribution in [2.45, 2.75) is 47.1 Å². The summed E-state index contributed by atoms with van der Waals surface area (Å²) >= 11 is 0. The van der Waals surface area contributed by atoms with Crippen LogP contribution in [0.4, 0.5) is 0 Å². The quantitative estimate of drug-likeness (QED) is 0.684. The van der Waals surface area contributed by atoms with Crippen molar-refractivity contribution in [2.75, 3.05) is 19.6 Å². The molecule has 1 aromatic rings. The molecule has 98 valence electrons. The zero-order valence-corrected chi connectivity index (χ0v) is 11.7. The van der Waals surface area contributed by atoms with E-state index in [1.165, 1.54) is 24.0 Å². The average molecular weight is 238 g/mol. The lowest BCUT2D eigenvalue weighted by atomic mass is 10.1. The smallest absolute Gasteiger partial charge is 0.105 e. The second-order valence-electron chi connectivity index (χ2n) is 4.60. The van der Waals surface area contributed by atoms with Crippen LogP contribution in [-0.2, 0) is 6.54 Å². The maximum atomic E-state index is 5.60. The monoisotopic (exact) mass is 238 g/mol. The number of nitrogens with one attached hydrogen (secondary N) is 2. The molecule has 0 unspecified atom stereocenters. The summed E-state index contributed by atoms with van der Waals surface area (Å²) in [5.74, 6) is 2.10. The molecular formula is C14H26N2O. The highest BCUT2D eigenvalue weighted by molar-refractivity contribution is 5.31. The standard InChI is InChI=1S/C14H26N2O/c1-5-7-15-8-6-9-16-10-14-11(2)12(3)17-13(14)4/h15-16H,5-10H2,1-4H3. The van der Waals surface area contributed by atoms with Gasteiger partial charge in [0.05, 0.1) is 0 Å². The minimum Gasteiger partial charge on any atom is -0.466 e. The molecule has 0 atom stereocenters. The highest BCUT2D eigenvalue weighted by Crippen LogP contribution is 2.20. The first kappa shape index (κ1) is 14.3. The first-order valence-electron chi connectivity index (χ1n) is 6.63. The third kappa shape index (κ3) is 4.52. The molecule has 0 aliphatic heterocycles. The summed E-state index contributed by atoms with van der Waals surface area (Å²) in [6.07, 6.45) is 2.38. The molecule has 1 heterocycles. The zero-order chi connectivity index (χ0) is 12.7. The Morgan fingerprint density at radius 3 is 2.24 bits per heavy atom. The molecule has 0 saturated heterocycles. The van der Waals surface area contributed by atoms with E-state index in [0.717, 1.165) is 37.7 Å². The molecule has 0 aromatic carbocycles. The Hall–Kier alpha value is -0.800. The third-order valence-electron chi connectivity index (χ3n) is 3.15. The van der Waals surface area contributed by atoms with E-state index < -0.39 is 0 Å². The van der Waals surface area contributed by atoms with Crippen LogP contribution in [0.1, 0.15) is 42.4 Å². The summed E-state index contributed by atoms with van der Waals surface area (Å²) < 4.78 is 5.60. The molecule has 0 spiro atoms. The van der Waals surface area contributed by atoms with Crippen LogP contribution in [0.25, 0.3) is 0 Å². The van der Waals surface area contributed by atoms with Crippen LogP contribution < -0.4 is 10.6 Å². The molecule has 0 bridgehead atoms. The van der Waals surface area contributed by atoms with Crippen LogP contribution in [0.2, 0.25) is 0 Å². The van der Waals surface area contributed by atoms with Gasteiger partial charge in [-0.15, -0.1) is 0 Å². The summed E-state index contributed by atoms with van der Waals surface area (Å²) in [4.78, 5) is 0. The van der Waals surface area contributed by atoms with Gasteiger partial charge in [0.1, 0.15) is 11.5 Å². The second kappa shape index (κ2) is 7.51. The molecule has 1 aromatic heterocycles. The largest absolute Gasteiger partial charge is 0.466 e. The van der Waals surface area contributed by atoms with E-state index in [9.17, 15) is 0 Å². The molecule has 17 heavy (non-hydrogen) atoms. The number of rotatable bonds is 8. The van der Waals surface area contributed by atoms with Crippen molar-refractivity contribution >= 4 is 0 Å². The Kier molecular flexibility index (Phi) is 6.30. The van der Waals surface area contributed by atoms with Gasteiger partial charge in [0.25, 0.3) is 0 Å². The highest BCUT2D eigenvalue weighted by Gasteiger charge is 2.09.